The minimum Gasteiger partial charge on any atom is -0.489 e. The third-order valence-corrected chi connectivity index (χ3v) is 5.55. The topological polar surface area (TPSA) is 24.5 Å². The molecule has 4 rings (SSSR count). The van der Waals surface area contributed by atoms with Crippen LogP contribution in [-0.2, 0) is 6.61 Å². The highest BCUT2D eigenvalue weighted by Gasteiger charge is 2.26. The Morgan fingerprint density at radius 3 is 2.59 bits per heavy atom. The van der Waals surface area contributed by atoms with Gasteiger partial charge in [0.1, 0.15) is 12.4 Å². The fourth-order valence-corrected chi connectivity index (χ4v) is 4.13. The molecule has 0 aliphatic carbocycles. The summed E-state index contributed by atoms with van der Waals surface area (Å²) in [6.07, 6.45) is 1.16. The average Bonchev–Trinajstić information content (AvgIpc) is 3.04. The molecule has 1 atom stereocenters. The van der Waals surface area contributed by atoms with Crippen molar-refractivity contribution in [2.75, 3.05) is 26.2 Å². The second kappa shape index (κ2) is 9.73. The second-order valence-corrected chi connectivity index (χ2v) is 7.77. The quantitative estimate of drug-likeness (QED) is 0.648. The molecule has 1 fully saturated rings. The van der Waals surface area contributed by atoms with E-state index in [1.165, 1.54) is 22.3 Å². The summed E-state index contributed by atoms with van der Waals surface area (Å²) >= 11 is 0. The number of aryl methyl sites for hydroxylation is 1. The lowest BCUT2D eigenvalue weighted by atomic mass is 9.94. The molecule has 3 aromatic rings. The molecule has 0 amide bonds. The Labute approximate surface area is 174 Å². The Hall–Kier alpha value is -2.62. The van der Waals surface area contributed by atoms with Crippen molar-refractivity contribution in [1.82, 2.24) is 10.2 Å². The molecule has 0 spiro atoms. The van der Waals surface area contributed by atoms with Gasteiger partial charge in [-0.15, -0.1) is 0 Å². The van der Waals surface area contributed by atoms with Gasteiger partial charge in [0.25, 0.3) is 0 Å². The van der Waals surface area contributed by atoms with Gasteiger partial charge in [-0.05, 0) is 37.1 Å². The maximum absolute atomic E-state index is 6.34. The molecule has 3 heteroatoms. The third kappa shape index (κ3) is 5.06. The largest absolute Gasteiger partial charge is 0.489 e. The first-order chi connectivity index (χ1) is 14.3. The summed E-state index contributed by atoms with van der Waals surface area (Å²) in [5.41, 5.74) is 5.06. The van der Waals surface area contributed by atoms with Crippen LogP contribution in [0.4, 0.5) is 0 Å². The molecule has 0 bridgehead atoms. The van der Waals surface area contributed by atoms with Crippen LogP contribution in [0.25, 0.3) is 0 Å². The second-order valence-electron chi connectivity index (χ2n) is 7.77. The smallest absolute Gasteiger partial charge is 0.124 e. The molecule has 0 aromatic heterocycles. The van der Waals surface area contributed by atoms with Crippen LogP contribution in [-0.4, -0.2) is 31.1 Å². The van der Waals surface area contributed by atoms with Gasteiger partial charge in [-0.2, -0.15) is 0 Å². The monoisotopic (exact) mass is 386 g/mol. The molecular weight excluding hydrogens is 356 g/mol. The zero-order valence-electron chi connectivity index (χ0n) is 17.2. The zero-order valence-corrected chi connectivity index (χ0v) is 17.2. The summed E-state index contributed by atoms with van der Waals surface area (Å²) in [6, 6.07) is 28.0. The van der Waals surface area contributed by atoms with E-state index in [0.29, 0.717) is 6.61 Å². The van der Waals surface area contributed by atoms with E-state index in [-0.39, 0.29) is 6.04 Å². The van der Waals surface area contributed by atoms with E-state index in [1.54, 1.807) is 0 Å². The van der Waals surface area contributed by atoms with Gasteiger partial charge < -0.3 is 10.1 Å². The first-order valence-corrected chi connectivity index (χ1v) is 10.6. The van der Waals surface area contributed by atoms with Gasteiger partial charge >= 0.3 is 0 Å². The molecule has 3 nitrogen and oxygen atoms in total. The van der Waals surface area contributed by atoms with E-state index in [9.17, 15) is 0 Å². The van der Waals surface area contributed by atoms with Gasteiger partial charge in [0.05, 0.1) is 6.04 Å². The molecule has 3 aromatic carbocycles. The minimum atomic E-state index is 0.196. The van der Waals surface area contributed by atoms with Crippen LogP contribution in [0.3, 0.4) is 0 Å². The Morgan fingerprint density at radius 2 is 1.72 bits per heavy atom. The minimum absolute atomic E-state index is 0.196. The van der Waals surface area contributed by atoms with Crippen LogP contribution in [0.2, 0.25) is 0 Å². The normalized spacial score (nSPS) is 16.2. The molecule has 1 unspecified atom stereocenters. The van der Waals surface area contributed by atoms with Crippen molar-refractivity contribution in [3.8, 4) is 5.75 Å². The summed E-state index contributed by atoms with van der Waals surface area (Å²) < 4.78 is 6.34. The lowest BCUT2D eigenvalue weighted by molar-refractivity contribution is 0.230. The summed E-state index contributed by atoms with van der Waals surface area (Å²) in [5.74, 6) is 0.972. The van der Waals surface area contributed by atoms with Gasteiger partial charge in [-0.1, -0.05) is 78.4 Å². The van der Waals surface area contributed by atoms with Crippen molar-refractivity contribution < 1.29 is 4.74 Å². The number of benzene rings is 3. The molecule has 29 heavy (non-hydrogen) atoms. The Balaban J connectivity index is 1.68. The van der Waals surface area contributed by atoms with Gasteiger partial charge in [-0.25, -0.2) is 0 Å². The third-order valence-electron chi connectivity index (χ3n) is 5.55. The van der Waals surface area contributed by atoms with Gasteiger partial charge in [-0.3, -0.25) is 4.90 Å². The van der Waals surface area contributed by atoms with Crippen LogP contribution in [0, 0.1) is 6.92 Å². The number of para-hydroxylation sites is 1. The number of hydrogen-bond acceptors (Lipinski definition) is 3. The van der Waals surface area contributed by atoms with Crippen molar-refractivity contribution >= 4 is 0 Å². The lowest BCUT2D eigenvalue weighted by Gasteiger charge is -2.32. The number of nitrogens with zero attached hydrogens (tertiary/aromatic N) is 1. The van der Waals surface area contributed by atoms with Crippen molar-refractivity contribution in [1.29, 1.82) is 0 Å². The highest BCUT2D eigenvalue weighted by atomic mass is 16.5. The molecule has 0 saturated carbocycles. The van der Waals surface area contributed by atoms with Gasteiger partial charge in [0, 0.05) is 25.2 Å². The molecule has 1 N–H and O–H groups in total. The number of ether oxygens (including phenoxy) is 1. The molecular formula is C26H30N2O. The van der Waals surface area contributed by atoms with Crippen LogP contribution < -0.4 is 10.1 Å². The van der Waals surface area contributed by atoms with E-state index in [4.69, 9.17) is 4.74 Å². The van der Waals surface area contributed by atoms with E-state index >= 15 is 0 Å². The van der Waals surface area contributed by atoms with Crippen molar-refractivity contribution in [2.45, 2.75) is 26.0 Å². The summed E-state index contributed by atoms with van der Waals surface area (Å²) in [4.78, 5) is 2.60. The van der Waals surface area contributed by atoms with E-state index in [1.807, 2.05) is 6.07 Å². The van der Waals surface area contributed by atoms with E-state index in [0.717, 1.165) is 38.3 Å². The lowest BCUT2D eigenvalue weighted by Crippen LogP contribution is -2.33. The van der Waals surface area contributed by atoms with Crippen LogP contribution in [0.15, 0.2) is 78.9 Å². The van der Waals surface area contributed by atoms with Crippen LogP contribution >= 0.6 is 0 Å². The van der Waals surface area contributed by atoms with Crippen molar-refractivity contribution in [3.05, 3.63) is 101 Å². The first-order valence-electron chi connectivity index (χ1n) is 10.6. The summed E-state index contributed by atoms with van der Waals surface area (Å²) in [7, 11) is 0. The fraction of sp³-hybridized carbons (Fsp3) is 0.308. The number of nitrogens with one attached hydrogen (secondary N) is 1. The Bertz CT molecular complexity index is 901. The van der Waals surface area contributed by atoms with Crippen LogP contribution in [0.5, 0.6) is 5.75 Å². The maximum Gasteiger partial charge on any atom is 0.124 e. The molecule has 1 aliphatic rings. The Morgan fingerprint density at radius 1 is 0.897 bits per heavy atom. The molecule has 0 radical (unpaired) electrons. The summed E-state index contributed by atoms with van der Waals surface area (Å²) in [5, 5.41) is 3.53. The zero-order chi connectivity index (χ0) is 19.9. The average molecular weight is 387 g/mol. The van der Waals surface area contributed by atoms with Gasteiger partial charge in [0.2, 0.25) is 0 Å². The SMILES string of the molecule is Cc1cccc(C(c2ccccc2OCc2ccccc2)N2CCCNCC2)c1. The molecule has 1 saturated heterocycles. The molecule has 1 heterocycles. The standard InChI is InChI=1S/C26H30N2O/c1-21-9-7-12-23(19-21)26(28-17-8-15-27-16-18-28)24-13-5-6-14-25(24)29-20-22-10-3-2-4-11-22/h2-7,9-14,19,26-27H,8,15-18,20H2,1H3. The van der Waals surface area contributed by atoms with Crippen LogP contribution in [0.1, 0.15) is 34.7 Å². The highest BCUT2D eigenvalue weighted by Crippen LogP contribution is 2.35. The first kappa shape index (κ1) is 19.7. The van der Waals surface area contributed by atoms with E-state index < -0.39 is 0 Å². The number of hydrogen-bond donors (Lipinski definition) is 1. The molecule has 150 valence electrons. The summed E-state index contributed by atoms with van der Waals surface area (Å²) in [6.45, 7) is 6.98. The molecule has 1 aliphatic heterocycles. The van der Waals surface area contributed by atoms with Crippen molar-refractivity contribution in [3.63, 3.8) is 0 Å². The number of rotatable bonds is 6. The fourth-order valence-electron chi connectivity index (χ4n) is 4.13. The highest BCUT2D eigenvalue weighted by molar-refractivity contribution is 5.42. The predicted molar refractivity (Wildman–Crippen MR) is 119 cm³/mol. The van der Waals surface area contributed by atoms with E-state index in [2.05, 4.69) is 89.9 Å². The Kier molecular flexibility index (Phi) is 6.60. The van der Waals surface area contributed by atoms with Crippen molar-refractivity contribution in [2.24, 2.45) is 0 Å². The predicted octanol–water partition coefficient (Wildman–Crippen LogP) is 4.96. The maximum atomic E-state index is 6.34. The van der Waals surface area contributed by atoms with Gasteiger partial charge in [0.15, 0.2) is 0 Å².